The highest BCUT2D eigenvalue weighted by Crippen LogP contribution is 2.70. The van der Waals surface area contributed by atoms with Crippen molar-refractivity contribution in [2.75, 3.05) is 0 Å². The molecule has 0 unspecified atom stereocenters. The maximum Gasteiger partial charge on any atom is 0.0726 e. The standard InChI is InChI=1S/C21H34O2/c1-18-9-6-15-16(19(18,2)10-5-14(22)13-18)7-11-20(3)17(15)8-12-21(20,4)23/h5,10,14-17,22-23H,6-9,11-13H2,1-4H3/t14-,15-,16+,17+,18-,19-,20+,21-/m1/s1. The molecular formula is C21H34O2. The monoisotopic (exact) mass is 318 g/mol. The molecule has 4 rings (SSSR count). The Labute approximate surface area is 141 Å². The zero-order valence-corrected chi connectivity index (χ0v) is 15.3. The fourth-order valence-corrected chi connectivity index (χ4v) is 7.37. The molecule has 0 amide bonds. The van der Waals surface area contributed by atoms with Crippen LogP contribution in [0.1, 0.15) is 72.6 Å². The van der Waals surface area contributed by atoms with Gasteiger partial charge in [-0.1, -0.05) is 32.9 Å². The van der Waals surface area contributed by atoms with Crippen LogP contribution in [0.4, 0.5) is 0 Å². The molecule has 3 fully saturated rings. The Morgan fingerprint density at radius 3 is 2.35 bits per heavy atom. The Hall–Kier alpha value is -0.340. The fourth-order valence-electron chi connectivity index (χ4n) is 7.37. The molecule has 0 aromatic heterocycles. The molecule has 0 aromatic rings. The zero-order valence-electron chi connectivity index (χ0n) is 15.3. The van der Waals surface area contributed by atoms with Crippen LogP contribution in [0.15, 0.2) is 12.2 Å². The van der Waals surface area contributed by atoms with Crippen molar-refractivity contribution < 1.29 is 10.2 Å². The van der Waals surface area contributed by atoms with Crippen molar-refractivity contribution >= 4 is 0 Å². The van der Waals surface area contributed by atoms with Gasteiger partial charge in [-0.15, -0.1) is 0 Å². The van der Waals surface area contributed by atoms with Crippen molar-refractivity contribution in [3.63, 3.8) is 0 Å². The third-order valence-corrected chi connectivity index (χ3v) is 9.42. The van der Waals surface area contributed by atoms with E-state index in [1.165, 1.54) is 25.7 Å². The Kier molecular flexibility index (Phi) is 3.25. The molecule has 0 spiro atoms. The molecule has 3 saturated carbocycles. The molecule has 0 aromatic carbocycles. The summed E-state index contributed by atoms with van der Waals surface area (Å²) in [6.07, 6.45) is 12.2. The van der Waals surface area contributed by atoms with Crippen LogP contribution in [0.5, 0.6) is 0 Å². The first-order valence-corrected chi connectivity index (χ1v) is 9.73. The van der Waals surface area contributed by atoms with Crippen LogP contribution in [-0.4, -0.2) is 21.9 Å². The van der Waals surface area contributed by atoms with E-state index in [9.17, 15) is 10.2 Å². The van der Waals surface area contributed by atoms with Crippen molar-refractivity contribution in [1.82, 2.24) is 0 Å². The van der Waals surface area contributed by atoms with E-state index in [0.29, 0.717) is 5.92 Å². The number of allylic oxidation sites excluding steroid dienone is 1. The molecule has 4 aliphatic carbocycles. The number of fused-ring (bicyclic) bond motifs is 5. The lowest BCUT2D eigenvalue weighted by atomic mass is 9.41. The van der Waals surface area contributed by atoms with Crippen LogP contribution in [0.2, 0.25) is 0 Å². The number of hydrogen-bond donors (Lipinski definition) is 2. The van der Waals surface area contributed by atoms with Crippen LogP contribution in [0.25, 0.3) is 0 Å². The first kappa shape index (κ1) is 16.1. The van der Waals surface area contributed by atoms with E-state index in [0.717, 1.165) is 31.1 Å². The second-order valence-electron chi connectivity index (χ2n) is 10.2. The molecule has 0 aliphatic heterocycles. The highest BCUT2D eigenvalue weighted by molar-refractivity contribution is 5.21. The van der Waals surface area contributed by atoms with Gasteiger partial charge in [0.25, 0.3) is 0 Å². The van der Waals surface area contributed by atoms with Gasteiger partial charge in [0.1, 0.15) is 0 Å². The Morgan fingerprint density at radius 1 is 0.913 bits per heavy atom. The predicted octanol–water partition coefficient (Wildman–Crippen LogP) is 4.31. The minimum absolute atomic E-state index is 0.107. The van der Waals surface area contributed by atoms with Gasteiger partial charge in [-0.2, -0.15) is 0 Å². The molecule has 0 radical (unpaired) electrons. The summed E-state index contributed by atoms with van der Waals surface area (Å²) >= 11 is 0. The van der Waals surface area contributed by atoms with E-state index in [1.807, 2.05) is 0 Å². The summed E-state index contributed by atoms with van der Waals surface area (Å²) in [6, 6.07) is 0. The SMILES string of the molecule is C[C@]12CC[C@H]3[C@@H]4CC[C@@](C)(O)[C@@]4(C)CC[C@@H]3[C@@]1(C)C=C[C@@H](O)C2. The van der Waals surface area contributed by atoms with E-state index in [-0.39, 0.29) is 22.3 Å². The third-order valence-electron chi connectivity index (χ3n) is 9.42. The van der Waals surface area contributed by atoms with Gasteiger partial charge in [0.15, 0.2) is 0 Å². The molecule has 0 saturated heterocycles. The average molecular weight is 319 g/mol. The lowest BCUT2D eigenvalue weighted by Gasteiger charge is -2.63. The van der Waals surface area contributed by atoms with E-state index < -0.39 is 5.60 Å². The van der Waals surface area contributed by atoms with Gasteiger partial charge >= 0.3 is 0 Å². The lowest BCUT2D eigenvalue weighted by molar-refractivity contribution is -0.152. The molecule has 8 atom stereocenters. The number of aliphatic hydroxyl groups is 2. The van der Waals surface area contributed by atoms with E-state index >= 15 is 0 Å². The summed E-state index contributed by atoms with van der Waals surface area (Å²) < 4.78 is 0. The summed E-state index contributed by atoms with van der Waals surface area (Å²) in [5.74, 6) is 2.15. The molecule has 4 aliphatic rings. The first-order chi connectivity index (χ1) is 10.6. The highest BCUT2D eigenvalue weighted by atomic mass is 16.3. The molecule has 23 heavy (non-hydrogen) atoms. The van der Waals surface area contributed by atoms with Crippen molar-refractivity contribution in [3.05, 3.63) is 12.2 Å². The fraction of sp³-hybridized carbons (Fsp3) is 0.905. The van der Waals surface area contributed by atoms with Crippen molar-refractivity contribution in [2.24, 2.45) is 34.0 Å². The molecule has 130 valence electrons. The van der Waals surface area contributed by atoms with Gasteiger partial charge in [-0.3, -0.25) is 0 Å². The normalized spacial score (nSPS) is 61.7. The van der Waals surface area contributed by atoms with Gasteiger partial charge in [0, 0.05) is 0 Å². The topological polar surface area (TPSA) is 40.5 Å². The quantitative estimate of drug-likeness (QED) is 0.654. The number of aliphatic hydroxyl groups excluding tert-OH is 1. The smallest absolute Gasteiger partial charge is 0.0726 e. The maximum absolute atomic E-state index is 11.0. The summed E-state index contributed by atoms with van der Waals surface area (Å²) in [5, 5.41) is 21.1. The number of hydrogen-bond acceptors (Lipinski definition) is 2. The minimum Gasteiger partial charge on any atom is -0.390 e. The van der Waals surface area contributed by atoms with Crippen LogP contribution in [-0.2, 0) is 0 Å². The minimum atomic E-state index is -0.483. The summed E-state index contributed by atoms with van der Waals surface area (Å²) in [7, 11) is 0. The van der Waals surface area contributed by atoms with Gasteiger partial charge < -0.3 is 10.2 Å². The molecular weight excluding hydrogens is 284 g/mol. The number of rotatable bonds is 0. The van der Waals surface area contributed by atoms with Crippen LogP contribution < -0.4 is 0 Å². The molecule has 0 bridgehead atoms. The first-order valence-electron chi connectivity index (χ1n) is 9.73. The van der Waals surface area contributed by atoms with E-state index in [1.54, 1.807) is 0 Å². The van der Waals surface area contributed by atoms with Gasteiger partial charge in [0.05, 0.1) is 11.7 Å². The van der Waals surface area contributed by atoms with Crippen LogP contribution >= 0.6 is 0 Å². The highest BCUT2D eigenvalue weighted by Gasteiger charge is 2.64. The predicted molar refractivity (Wildman–Crippen MR) is 92.9 cm³/mol. The summed E-state index contributed by atoms with van der Waals surface area (Å²) in [6.45, 7) is 9.31. The Balaban J connectivity index is 1.71. The van der Waals surface area contributed by atoms with Crippen molar-refractivity contribution in [2.45, 2.75) is 84.3 Å². The molecule has 2 N–H and O–H groups in total. The van der Waals surface area contributed by atoms with Crippen molar-refractivity contribution in [3.8, 4) is 0 Å². The zero-order chi connectivity index (χ0) is 16.7. The van der Waals surface area contributed by atoms with Gasteiger partial charge in [-0.25, -0.2) is 0 Å². The van der Waals surface area contributed by atoms with E-state index in [2.05, 4.69) is 39.8 Å². The molecule has 0 heterocycles. The molecule has 2 nitrogen and oxygen atoms in total. The van der Waals surface area contributed by atoms with E-state index in [4.69, 9.17) is 0 Å². The molecule has 2 heteroatoms. The Bertz CT molecular complexity index is 538. The largest absolute Gasteiger partial charge is 0.390 e. The van der Waals surface area contributed by atoms with Crippen molar-refractivity contribution in [1.29, 1.82) is 0 Å². The average Bonchev–Trinajstić information content (AvgIpc) is 2.71. The van der Waals surface area contributed by atoms with Gasteiger partial charge in [-0.05, 0) is 85.9 Å². The third kappa shape index (κ3) is 1.88. The summed E-state index contributed by atoms with van der Waals surface area (Å²) in [4.78, 5) is 0. The van der Waals surface area contributed by atoms with Crippen LogP contribution in [0.3, 0.4) is 0 Å². The second-order valence-corrected chi connectivity index (χ2v) is 10.2. The summed E-state index contributed by atoms with van der Waals surface area (Å²) in [5.41, 5.74) is 0.0706. The van der Waals surface area contributed by atoms with Crippen LogP contribution in [0, 0.1) is 34.0 Å². The Morgan fingerprint density at radius 2 is 1.61 bits per heavy atom. The lowest BCUT2D eigenvalue weighted by Crippen LogP contribution is -2.58. The second kappa shape index (κ2) is 4.64. The maximum atomic E-state index is 11.0. The van der Waals surface area contributed by atoms with Gasteiger partial charge in [0.2, 0.25) is 0 Å².